The zero-order valence-electron chi connectivity index (χ0n) is 22.0. The summed E-state index contributed by atoms with van der Waals surface area (Å²) in [6, 6.07) is 19.6. The molecule has 4 aromatic rings. The average Bonchev–Trinajstić information content (AvgIpc) is 3.11. The molecule has 2 aliphatic rings. The van der Waals surface area contributed by atoms with Crippen LogP contribution in [0.15, 0.2) is 67.0 Å². The molecule has 0 saturated carbocycles. The Morgan fingerprint density at radius 2 is 1.81 bits per heavy atom. The van der Waals surface area contributed by atoms with E-state index in [9.17, 15) is 0 Å². The molecule has 4 heterocycles. The predicted octanol–water partition coefficient (Wildman–Crippen LogP) is 5.64. The number of para-hydroxylation sites is 2. The molecule has 0 unspecified atom stereocenters. The average molecular weight is 495 g/mol. The molecule has 2 atom stereocenters. The smallest absolute Gasteiger partial charge is 0.124 e. The van der Waals surface area contributed by atoms with E-state index in [0.717, 1.165) is 51.1 Å². The van der Waals surface area contributed by atoms with Crippen LogP contribution in [0.4, 0.5) is 0 Å². The second-order valence-corrected chi connectivity index (χ2v) is 10.9. The van der Waals surface area contributed by atoms with Crippen molar-refractivity contribution in [1.82, 2.24) is 29.3 Å². The number of benzene rings is 1. The topological polar surface area (TPSA) is 50.1 Å². The molecule has 3 aromatic heterocycles. The Bertz CT molecular complexity index is 1320. The van der Waals surface area contributed by atoms with E-state index in [4.69, 9.17) is 9.97 Å². The molecule has 192 valence electrons. The maximum Gasteiger partial charge on any atom is 0.124 e. The summed E-state index contributed by atoms with van der Waals surface area (Å²) in [5, 5.41) is 0. The molecule has 1 aromatic carbocycles. The Hall–Kier alpha value is -3.09. The summed E-state index contributed by atoms with van der Waals surface area (Å²) in [6.07, 6.45) is 11.2. The molecule has 1 aliphatic carbocycles. The molecule has 0 radical (unpaired) electrons. The Morgan fingerprint density at radius 1 is 0.919 bits per heavy atom. The van der Waals surface area contributed by atoms with Gasteiger partial charge in [-0.05, 0) is 87.5 Å². The van der Waals surface area contributed by atoms with Gasteiger partial charge in [-0.1, -0.05) is 30.7 Å². The lowest BCUT2D eigenvalue weighted by Gasteiger charge is -2.32. The first kappa shape index (κ1) is 24.3. The van der Waals surface area contributed by atoms with Gasteiger partial charge in [-0.15, -0.1) is 0 Å². The second-order valence-electron chi connectivity index (χ2n) is 10.9. The molecule has 0 amide bonds. The Labute approximate surface area is 220 Å². The van der Waals surface area contributed by atoms with E-state index < -0.39 is 0 Å². The maximum absolute atomic E-state index is 5.16. The van der Waals surface area contributed by atoms with Crippen LogP contribution in [0.2, 0.25) is 0 Å². The fraction of sp³-hybridized carbons (Fsp3) is 0.452. The minimum Gasteiger partial charge on any atom is -0.327 e. The Balaban J connectivity index is 1.23. The molecule has 1 aliphatic heterocycles. The summed E-state index contributed by atoms with van der Waals surface area (Å²) in [4.78, 5) is 19.6. The summed E-state index contributed by atoms with van der Waals surface area (Å²) in [5.41, 5.74) is 6.19. The summed E-state index contributed by atoms with van der Waals surface area (Å²) >= 11 is 0. The van der Waals surface area contributed by atoms with Crippen LogP contribution < -0.4 is 0 Å². The van der Waals surface area contributed by atoms with Crippen LogP contribution in [-0.4, -0.2) is 49.5 Å². The van der Waals surface area contributed by atoms with E-state index in [-0.39, 0.29) is 0 Å². The van der Waals surface area contributed by atoms with Crippen molar-refractivity contribution in [3.8, 4) is 0 Å². The molecule has 1 saturated heterocycles. The number of pyridine rings is 2. The normalized spacial score (nSPS) is 20.7. The van der Waals surface area contributed by atoms with E-state index in [1.54, 1.807) is 0 Å². The van der Waals surface area contributed by atoms with Crippen LogP contribution in [0.3, 0.4) is 0 Å². The van der Waals surface area contributed by atoms with Gasteiger partial charge in [0.1, 0.15) is 5.82 Å². The van der Waals surface area contributed by atoms with Crippen molar-refractivity contribution in [3.63, 3.8) is 0 Å². The zero-order valence-corrected chi connectivity index (χ0v) is 22.0. The number of aryl methyl sites for hydroxylation is 1. The molecule has 0 N–H and O–H groups in total. The molecule has 37 heavy (non-hydrogen) atoms. The van der Waals surface area contributed by atoms with Crippen molar-refractivity contribution in [1.29, 1.82) is 0 Å². The first-order valence-corrected chi connectivity index (χ1v) is 13.9. The third-order valence-corrected chi connectivity index (χ3v) is 8.23. The van der Waals surface area contributed by atoms with E-state index in [2.05, 4.69) is 74.9 Å². The first-order valence-electron chi connectivity index (χ1n) is 13.9. The number of hydrogen-bond donors (Lipinski definition) is 0. The van der Waals surface area contributed by atoms with Crippen LogP contribution in [0, 0.1) is 5.92 Å². The monoisotopic (exact) mass is 494 g/mol. The minimum absolute atomic E-state index is 0.352. The Kier molecular flexibility index (Phi) is 7.29. The minimum atomic E-state index is 0.352. The van der Waals surface area contributed by atoms with Crippen LogP contribution in [0.1, 0.15) is 60.9 Å². The summed E-state index contributed by atoms with van der Waals surface area (Å²) < 4.78 is 2.52. The highest BCUT2D eigenvalue weighted by atomic mass is 15.2. The highest BCUT2D eigenvalue weighted by Crippen LogP contribution is 2.33. The summed E-state index contributed by atoms with van der Waals surface area (Å²) in [6.45, 7) is 5.05. The van der Waals surface area contributed by atoms with E-state index >= 15 is 0 Å². The van der Waals surface area contributed by atoms with Gasteiger partial charge in [-0.3, -0.25) is 19.8 Å². The number of imidazole rings is 1. The molecule has 1 fully saturated rings. The molecular weight excluding hydrogens is 456 g/mol. The van der Waals surface area contributed by atoms with Crippen LogP contribution >= 0.6 is 0 Å². The van der Waals surface area contributed by atoms with Crippen molar-refractivity contribution in [3.05, 3.63) is 89.8 Å². The molecule has 6 heteroatoms. The second kappa shape index (κ2) is 11.1. The zero-order chi connectivity index (χ0) is 25.0. The predicted molar refractivity (Wildman–Crippen MR) is 148 cm³/mol. The lowest BCUT2D eigenvalue weighted by molar-refractivity contribution is 0.197. The third-order valence-electron chi connectivity index (χ3n) is 8.23. The van der Waals surface area contributed by atoms with Gasteiger partial charge in [0, 0.05) is 32.0 Å². The quantitative estimate of drug-likeness (QED) is 0.333. The fourth-order valence-electron chi connectivity index (χ4n) is 6.38. The summed E-state index contributed by atoms with van der Waals surface area (Å²) in [5.74, 6) is 1.78. The van der Waals surface area contributed by atoms with Gasteiger partial charge in [0.2, 0.25) is 0 Å². The fourth-order valence-corrected chi connectivity index (χ4v) is 6.38. The SMILES string of the molecule is CN(Cc1nc2ccccc2n1C[C@H]1CCCCN(Cc2ccccn2)C1)[C@H]1CCCc2cccnc21. The Morgan fingerprint density at radius 3 is 2.73 bits per heavy atom. The third kappa shape index (κ3) is 5.46. The number of nitrogens with zero attached hydrogens (tertiary/aromatic N) is 6. The molecule has 0 spiro atoms. The first-order chi connectivity index (χ1) is 18.2. The number of fused-ring (bicyclic) bond motifs is 2. The van der Waals surface area contributed by atoms with Crippen molar-refractivity contribution in [2.45, 2.75) is 64.2 Å². The largest absolute Gasteiger partial charge is 0.327 e. The van der Waals surface area contributed by atoms with Gasteiger partial charge >= 0.3 is 0 Å². The van der Waals surface area contributed by atoms with Crippen molar-refractivity contribution >= 4 is 11.0 Å². The van der Waals surface area contributed by atoms with Gasteiger partial charge in [-0.25, -0.2) is 4.98 Å². The maximum atomic E-state index is 5.16. The highest BCUT2D eigenvalue weighted by molar-refractivity contribution is 5.75. The lowest BCUT2D eigenvalue weighted by atomic mass is 9.91. The summed E-state index contributed by atoms with van der Waals surface area (Å²) in [7, 11) is 2.25. The molecule has 6 rings (SSSR count). The van der Waals surface area contributed by atoms with Gasteiger partial charge in [0.05, 0.1) is 35.0 Å². The lowest BCUT2D eigenvalue weighted by Crippen LogP contribution is -2.32. The van der Waals surface area contributed by atoms with Crippen molar-refractivity contribution in [2.75, 3.05) is 20.1 Å². The molecule has 6 nitrogen and oxygen atoms in total. The van der Waals surface area contributed by atoms with Crippen molar-refractivity contribution in [2.24, 2.45) is 5.92 Å². The van der Waals surface area contributed by atoms with Crippen molar-refractivity contribution < 1.29 is 0 Å². The number of rotatable bonds is 7. The molecule has 0 bridgehead atoms. The van der Waals surface area contributed by atoms with Gasteiger partial charge in [0.25, 0.3) is 0 Å². The van der Waals surface area contributed by atoms with Crippen LogP contribution in [0.25, 0.3) is 11.0 Å². The van der Waals surface area contributed by atoms with Crippen LogP contribution in [0.5, 0.6) is 0 Å². The number of aromatic nitrogens is 4. The number of hydrogen-bond acceptors (Lipinski definition) is 5. The molecular formula is C31H38N6. The standard InChI is InChI=1S/C31H38N6/c1-35(29-16-8-11-25-12-9-18-33-31(25)29)23-30-34-27-14-2-3-15-28(27)37(30)21-24-10-5-7-19-36(20-24)22-26-13-4-6-17-32-26/h2-4,6,9,12-15,17-18,24,29H,5,7-8,10-11,16,19-23H2,1H3/t24-,29-/m0/s1. The van der Waals surface area contributed by atoms with Gasteiger partial charge in [-0.2, -0.15) is 0 Å². The van der Waals surface area contributed by atoms with Crippen LogP contribution in [-0.2, 0) is 26.1 Å². The van der Waals surface area contributed by atoms with Gasteiger partial charge < -0.3 is 4.57 Å². The number of likely N-dealkylation sites (tertiary alicyclic amines) is 1. The van der Waals surface area contributed by atoms with E-state index in [1.807, 2.05) is 18.5 Å². The van der Waals surface area contributed by atoms with E-state index in [1.165, 1.54) is 54.0 Å². The van der Waals surface area contributed by atoms with Gasteiger partial charge in [0.15, 0.2) is 0 Å². The van der Waals surface area contributed by atoms with E-state index in [0.29, 0.717) is 12.0 Å². The highest BCUT2D eigenvalue weighted by Gasteiger charge is 2.27.